The van der Waals surface area contributed by atoms with E-state index in [2.05, 4.69) is 29.5 Å². The van der Waals surface area contributed by atoms with Crippen molar-refractivity contribution in [1.29, 1.82) is 0 Å². The first-order chi connectivity index (χ1) is 7.07. The first kappa shape index (κ1) is 15.5. The molecule has 90 valence electrons. The van der Waals surface area contributed by atoms with E-state index in [0.29, 0.717) is 0 Å². The number of unbranched alkanes of at least 4 members (excludes halogenated alkanes) is 4. The van der Waals surface area contributed by atoms with Gasteiger partial charge in [-0.25, -0.2) is 4.79 Å². The van der Waals surface area contributed by atoms with Crippen molar-refractivity contribution in [3.8, 4) is 0 Å². The molecule has 0 saturated heterocycles. The lowest BCUT2D eigenvalue weighted by Gasteiger charge is -2.11. The summed E-state index contributed by atoms with van der Waals surface area (Å²) >= 11 is 3.30. The van der Waals surface area contributed by atoms with Crippen LogP contribution in [0.15, 0.2) is 0 Å². The Labute approximate surface area is 109 Å². The predicted octanol–water partition coefficient (Wildman–Crippen LogP) is 3.24. The minimum atomic E-state index is -1.28. The first-order valence-corrected chi connectivity index (χ1v) is 7.47. The third-order valence-electron chi connectivity index (χ3n) is 2.02. The van der Waals surface area contributed by atoms with Gasteiger partial charge in [0.05, 0.1) is 3.26 Å². The summed E-state index contributed by atoms with van der Waals surface area (Å²) in [6, 6.07) is 0. The summed E-state index contributed by atoms with van der Waals surface area (Å²) in [5.41, 5.74) is -1.28. The number of aliphatic carboxylic acids is 1. The fourth-order valence-corrected chi connectivity index (χ4v) is 3.15. The van der Waals surface area contributed by atoms with Gasteiger partial charge in [0.1, 0.15) is 0 Å². The number of carbonyl (C=O) groups is 1. The summed E-state index contributed by atoms with van der Waals surface area (Å²) in [6.07, 6.45) is 7.06. The van der Waals surface area contributed by atoms with E-state index < -0.39 is 11.4 Å². The third-order valence-corrected chi connectivity index (χ3v) is 4.52. The molecule has 0 heterocycles. The van der Waals surface area contributed by atoms with E-state index in [4.69, 9.17) is 10.2 Å². The lowest BCUT2D eigenvalue weighted by atomic mass is 10.1. The molecule has 0 rings (SSSR count). The minimum absolute atomic E-state index is 0.190. The van der Waals surface area contributed by atoms with Crippen LogP contribution in [-0.4, -0.2) is 24.9 Å². The fraction of sp³-hybridized carbons (Fsp3) is 0.900. The molecule has 0 aromatic rings. The molecular weight excluding hydrogens is 327 g/mol. The average Bonchev–Trinajstić information content (AvgIpc) is 2.17. The van der Waals surface area contributed by atoms with Crippen LogP contribution in [0.4, 0.5) is 0 Å². The highest BCUT2D eigenvalue weighted by Crippen LogP contribution is 2.27. The molecule has 3 nitrogen and oxygen atoms in total. The van der Waals surface area contributed by atoms with Gasteiger partial charge >= 0.3 is 5.97 Å². The maximum atomic E-state index is 10.4. The van der Waals surface area contributed by atoms with Crippen LogP contribution in [0.3, 0.4) is 0 Å². The van der Waals surface area contributed by atoms with Gasteiger partial charge in [-0.15, -0.1) is 11.8 Å². The highest BCUT2D eigenvalue weighted by Gasteiger charge is 2.17. The predicted molar refractivity (Wildman–Crippen MR) is 72.4 cm³/mol. The lowest BCUT2D eigenvalue weighted by Crippen LogP contribution is -2.17. The van der Waals surface area contributed by atoms with E-state index in [1.54, 1.807) is 0 Å². The summed E-state index contributed by atoms with van der Waals surface area (Å²) in [5, 5.41) is 17.6. The van der Waals surface area contributed by atoms with Gasteiger partial charge in [-0.05, 0) is 6.42 Å². The molecule has 2 N–H and O–H groups in total. The van der Waals surface area contributed by atoms with Crippen LogP contribution in [0.2, 0.25) is 0 Å². The van der Waals surface area contributed by atoms with Gasteiger partial charge < -0.3 is 10.2 Å². The molecule has 0 aliphatic rings. The minimum Gasteiger partial charge on any atom is -0.479 e. The highest BCUT2D eigenvalue weighted by molar-refractivity contribution is 14.1. The van der Waals surface area contributed by atoms with Crippen LogP contribution in [-0.2, 0) is 4.79 Å². The van der Waals surface area contributed by atoms with Gasteiger partial charge in [0, 0.05) is 0 Å². The number of alkyl halides is 1. The van der Waals surface area contributed by atoms with Crippen molar-refractivity contribution < 1.29 is 15.0 Å². The normalized spacial score (nSPS) is 14.9. The third kappa shape index (κ3) is 9.44. The Hall–Kier alpha value is 0.510. The average molecular weight is 346 g/mol. The number of carboxylic acid groups (broad SMARTS) is 1. The number of aliphatic hydroxyl groups is 1. The molecule has 0 aliphatic carbocycles. The quantitative estimate of drug-likeness (QED) is 0.291. The van der Waals surface area contributed by atoms with Crippen LogP contribution in [0.5, 0.6) is 0 Å². The molecule has 2 unspecified atom stereocenters. The van der Waals surface area contributed by atoms with Gasteiger partial charge in [-0.2, -0.15) is 0 Å². The van der Waals surface area contributed by atoms with E-state index in [1.807, 2.05) is 0 Å². The van der Waals surface area contributed by atoms with Crippen LogP contribution in [0.1, 0.15) is 45.4 Å². The topological polar surface area (TPSA) is 57.5 Å². The Balaban J connectivity index is 3.40. The SMILES string of the molecule is CCCCCCCC(I)SC(O)C(=O)O. The second-order valence-electron chi connectivity index (χ2n) is 3.44. The second-order valence-corrected chi connectivity index (χ2v) is 7.08. The van der Waals surface area contributed by atoms with Crippen molar-refractivity contribution in [2.45, 2.75) is 54.1 Å². The van der Waals surface area contributed by atoms with Crippen LogP contribution >= 0.6 is 34.4 Å². The zero-order chi connectivity index (χ0) is 11.7. The van der Waals surface area contributed by atoms with Crippen molar-refractivity contribution >= 4 is 40.3 Å². The van der Waals surface area contributed by atoms with Crippen molar-refractivity contribution in [3.05, 3.63) is 0 Å². The van der Waals surface area contributed by atoms with Crippen molar-refractivity contribution in [2.75, 3.05) is 0 Å². The molecule has 2 atom stereocenters. The maximum absolute atomic E-state index is 10.4. The summed E-state index contributed by atoms with van der Waals surface area (Å²) in [5.74, 6) is -1.15. The molecule has 0 fully saturated rings. The first-order valence-electron chi connectivity index (χ1n) is 5.28. The van der Waals surface area contributed by atoms with E-state index in [0.717, 1.165) is 24.6 Å². The number of halogens is 1. The number of carboxylic acids is 1. The molecule has 0 spiro atoms. The van der Waals surface area contributed by atoms with Gasteiger partial charge in [-0.3, -0.25) is 0 Å². The molecule has 0 aromatic heterocycles. The van der Waals surface area contributed by atoms with Crippen molar-refractivity contribution in [3.63, 3.8) is 0 Å². The molecule has 0 aromatic carbocycles. The smallest absolute Gasteiger partial charge is 0.343 e. The molecule has 0 aliphatic heterocycles. The Morgan fingerprint density at radius 3 is 2.47 bits per heavy atom. The number of thioether (sulfide) groups is 1. The molecule has 0 bridgehead atoms. The Bertz CT molecular complexity index is 178. The number of aliphatic hydroxyl groups excluding tert-OH is 1. The van der Waals surface area contributed by atoms with Gasteiger partial charge in [0.2, 0.25) is 0 Å². The molecule has 5 heteroatoms. The fourth-order valence-electron chi connectivity index (χ4n) is 1.17. The zero-order valence-electron chi connectivity index (χ0n) is 8.99. The second kappa shape index (κ2) is 9.72. The van der Waals surface area contributed by atoms with Crippen LogP contribution < -0.4 is 0 Å². The van der Waals surface area contributed by atoms with Gasteiger partial charge in [-0.1, -0.05) is 61.6 Å². The van der Waals surface area contributed by atoms with Gasteiger partial charge in [0.15, 0.2) is 5.44 Å². The largest absolute Gasteiger partial charge is 0.479 e. The molecule has 0 radical (unpaired) electrons. The summed E-state index contributed by atoms with van der Waals surface area (Å²) < 4.78 is 0.190. The van der Waals surface area contributed by atoms with E-state index in [-0.39, 0.29) is 3.26 Å². The number of hydrogen-bond donors (Lipinski definition) is 2. The summed E-state index contributed by atoms with van der Waals surface area (Å²) in [7, 11) is 0. The molecule has 0 amide bonds. The Morgan fingerprint density at radius 2 is 1.93 bits per heavy atom. The van der Waals surface area contributed by atoms with Crippen LogP contribution in [0, 0.1) is 0 Å². The van der Waals surface area contributed by atoms with Gasteiger partial charge in [0.25, 0.3) is 0 Å². The Kier molecular flexibility index (Phi) is 10.0. The number of rotatable bonds is 9. The van der Waals surface area contributed by atoms with E-state index in [9.17, 15) is 4.79 Å². The standard InChI is InChI=1S/C10H19IO3S/c1-2-3-4-5-6-7-8(11)15-10(14)9(12)13/h8,10,14H,2-7H2,1H3,(H,12,13). The monoisotopic (exact) mass is 346 g/mol. The van der Waals surface area contributed by atoms with Crippen LogP contribution in [0.25, 0.3) is 0 Å². The lowest BCUT2D eigenvalue weighted by molar-refractivity contribution is -0.141. The molecule has 0 saturated carbocycles. The number of hydrogen-bond acceptors (Lipinski definition) is 3. The van der Waals surface area contributed by atoms with Crippen molar-refractivity contribution in [2.24, 2.45) is 0 Å². The van der Waals surface area contributed by atoms with E-state index in [1.165, 1.54) is 25.7 Å². The highest BCUT2D eigenvalue weighted by atomic mass is 127. The zero-order valence-corrected chi connectivity index (χ0v) is 12.0. The summed E-state index contributed by atoms with van der Waals surface area (Å²) in [6.45, 7) is 2.18. The Morgan fingerprint density at radius 1 is 1.33 bits per heavy atom. The maximum Gasteiger partial charge on any atom is 0.343 e. The summed E-state index contributed by atoms with van der Waals surface area (Å²) in [4.78, 5) is 10.4. The van der Waals surface area contributed by atoms with Crippen molar-refractivity contribution in [1.82, 2.24) is 0 Å². The molecule has 15 heavy (non-hydrogen) atoms. The molecular formula is C10H19IO3S. The van der Waals surface area contributed by atoms with E-state index >= 15 is 0 Å².